The third kappa shape index (κ3) is 5.97. The first-order valence-electron chi connectivity index (χ1n) is 12.8. The van der Waals surface area contributed by atoms with Crippen molar-refractivity contribution in [2.75, 3.05) is 11.9 Å². The van der Waals surface area contributed by atoms with Gasteiger partial charge in [0.05, 0.1) is 11.4 Å². The molecule has 2 aliphatic heterocycles. The molecule has 7 nitrogen and oxygen atoms in total. The van der Waals surface area contributed by atoms with E-state index in [9.17, 15) is 4.79 Å². The minimum atomic E-state index is -0.111. The molecule has 3 aromatic rings. The number of aryl methyl sites for hydroxylation is 1. The summed E-state index contributed by atoms with van der Waals surface area (Å²) in [6.45, 7) is 8.97. The van der Waals surface area contributed by atoms with E-state index in [1.54, 1.807) is 18.0 Å². The molecule has 0 aliphatic carbocycles. The Morgan fingerprint density at radius 1 is 1.18 bits per heavy atom. The number of hydrogen-bond acceptors (Lipinski definition) is 6. The lowest BCUT2D eigenvalue weighted by Crippen LogP contribution is -2.27. The molecule has 0 radical (unpaired) electrons. The number of carbonyl (C=O) groups excluding carboxylic acids is 1. The summed E-state index contributed by atoms with van der Waals surface area (Å²) in [5.41, 5.74) is 7.45. The minimum Gasteiger partial charge on any atom is -0.350 e. The average Bonchev–Trinajstić information content (AvgIpc) is 3.12. The van der Waals surface area contributed by atoms with Crippen LogP contribution in [-0.2, 0) is 0 Å². The van der Waals surface area contributed by atoms with Crippen LogP contribution in [-0.4, -0.2) is 33.6 Å². The standard InChI is InChI=1S/C30H32N6OS/c1-18-5-8-25(31-11-9-18)26-10-12-32-30(36-26)34-24-13-20(3)28-22(14-24)15-27(35-28)29(37)33-16-23-17-38-21(4)7-6-19(23)2/h7-15,17,19,35H,5-6,16H2,1-4H3,(H,33,37)(H,32,34,36). The van der Waals surface area contributed by atoms with Gasteiger partial charge in [-0.05, 0) is 91.3 Å². The predicted octanol–water partition coefficient (Wildman–Crippen LogP) is 7.06. The van der Waals surface area contributed by atoms with E-state index in [1.807, 2.05) is 43.5 Å². The van der Waals surface area contributed by atoms with Gasteiger partial charge in [0, 0.05) is 35.5 Å². The lowest BCUT2D eigenvalue weighted by atomic mass is 9.99. The van der Waals surface area contributed by atoms with E-state index in [0.717, 1.165) is 46.4 Å². The second kappa shape index (κ2) is 11.2. The Labute approximate surface area is 227 Å². The molecule has 1 aromatic carbocycles. The van der Waals surface area contributed by atoms with Crippen LogP contribution in [0.25, 0.3) is 16.6 Å². The van der Waals surface area contributed by atoms with Gasteiger partial charge in [-0.2, -0.15) is 0 Å². The number of anilines is 2. The summed E-state index contributed by atoms with van der Waals surface area (Å²) < 4.78 is 0. The van der Waals surface area contributed by atoms with Crippen LogP contribution in [0.15, 0.2) is 75.1 Å². The van der Waals surface area contributed by atoms with Crippen molar-refractivity contribution < 1.29 is 4.79 Å². The van der Waals surface area contributed by atoms with Crippen LogP contribution in [0.2, 0.25) is 0 Å². The Hall–Kier alpha value is -3.91. The zero-order valence-corrected chi connectivity index (χ0v) is 22.9. The molecule has 5 rings (SSSR count). The Morgan fingerprint density at radius 2 is 2.05 bits per heavy atom. The van der Waals surface area contributed by atoms with Gasteiger partial charge in [-0.3, -0.25) is 9.79 Å². The highest BCUT2D eigenvalue weighted by Gasteiger charge is 2.16. The number of fused-ring (bicyclic) bond motifs is 1. The lowest BCUT2D eigenvalue weighted by Gasteiger charge is -2.13. The van der Waals surface area contributed by atoms with E-state index in [2.05, 4.69) is 68.9 Å². The van der Waals surface area contributed by atoms with Gasteiger partial charge in [-0.1, -0.05) is 24.6 Å². The number of carbonyl (C=O) groups is 1. The SMILES string of the molecule is CC1=CC=NC(c2ccnc(Nc3cc(C)c4[nH]c(C(=O)NCC5=CSC(C)=CCC5C)cc4c3)n2)=CC1. The topological polar surface area (TPSA) is 95.1 Å². The highest BCUT2D eigenvalue weighted by molar-refractivity contribution is 8.05. The van der Waals surface area contributed by atoms with E-state index in [4.69, 9.17) is 0 Å². The van der Waals surface area contributed by atoms with Gasteiger partial charge in [-0.25, -0.2) is 9.97 Å². The van der Waals surface area contributed by atoms with Gasteiger partial charge >= 0.3 is 0 Å². The summed E-state index contributed by atoms with van der Waals surface area (Å²) in [6, 6.07) is 7.79. The number of benzene rings is 1. The maximum atomic E-state index is 13.0. The van der Waals surface area contributed by atoms with Crippen LogP contribution in [0.1, 0.15) is 55.4 Å². The van der Waals surface area contributed by atoms with Crippen molar-refractivity contribution in [1.29, 1.82) is 0 Å². The normalized spacial score (nSPS) is 17.6. The molecule has 0 bridgehead atoms. The van der Waals surface area contributed by atoms with Gasteiger partial charge in [-0.15, -0.1) is 11.8 Å². The van der Waals surface area contributed by atoms with Crippen molar-refractivity contribution in [3.8, 4) is 0 Å². The van der Waals surface area contributed by atoms with Gasteiger partial charge in [0.25, 0.3) is 5.91 Å². The fourth-order valence-electron chi connectivity index (χ4n) is 4.42. The number of H-pyrrole nitrogens is 1. The Bertz CT molecular complexity index is 1540. The molecule has 0 spiro atoms. The van der Waals surface area contributed by atoms with Crippen molar-refractivity contribution in [2.45, 2.75) is 40.5 Å². The molecule has 1 unspecified atom stereocenters. The monoisotopic (exact) mass is 524 g/mol. The van der Waals surface area contributed by atoms with Gasteiger partial charge in [0.2, 0.25) is 5.95 Å². The van der Waals surface area contributed by atoms with E-state index in [-0.39, 0.29) is 5.91 Å². The van der Waals surface area contributed by atoms with Gasteiger partial charge in [0.15, 0.2) is 0 Å². The molecule has 2 aliphatic rings. The fourth-order valence-corrected chi connectivity index (χ4v) is 5.27. The number of hydrogen-bond donors (Lipinski definition) is 3. The maximum Gasteiger partial charge on any atom is 0.267 e. The van der Waals surface area contributed by atoms with Gasteiger partial charge in [0.1, 0.15) is 5.69 Å². The molecular weight excluding hydrogens is 492 g/mol. The number of amides is 1. The van der Waals surface area contributed by atoms with Crippen molar-refractivity contribution in [3.05, 3.63) is 87.1 Å². The number of aliphatic imine (C=N–C) groups is 1. The first-order valence-corrected chi connectivity index (χ1v) is 13.7. The number of allylic oxidation sites excluding steroid dienone is 5. The summed E-state index contributed by atoms with van der Waals surface area (Å²) in [6.07, 6.45) is 11.7. The quantitative estimate of drug-likeness (QED) is 0.321. The third-order valence-corrected chi connectivity index (χ3v) is 7.73. The predicted molar refractivity (Wildman–Crippen MR) is 159 cm³/mol. The molecule has 2 aromatic heterocycles. The second-order valence-electron chi connectivity index (χ2n) is 9.86. The summed E-state index contributed by atoms with van der Waals surface area (Å²) in [5.74, 6) is 0.791. The van der Waals surface area contributed by atoms with Crippen LogP contribution < -0.4 is 10.6 Å². The molecule has 0 saturated heterocycles. The average molecular weight is 525 g/mol. The van der Waals surface area contributed by atoms with Crippen molar-refractivity contribution in [1.82, 2.24) is 20.3 Å². The van der Waals surface area contributed by atoms with E-state index in [1.165, 1.54) is 16.1 Å². The molecule has 0 saturated carbocycles. The number of nitrogens with one attached hydrogen (secondary N) is 3. The van der Waals surface area contributed by atoms with Crippen molar-refractivity contribution >= 4 is 52.1 Å². The maximum absolute atomic E-state index is 13.0. The van der Waals surface area contributed by atoms with Crippen molar-refractivity contribution in [2.24, 2.45) is 10.9 Å². The fraction of sp³-hybridized carbons (Fsp3) is 0.267. The van der Waals surface area contributed by atoms with Crippen LogP contribution >= 0.6 is 11.8 Å². The number of aromatic nitrogens is 3. The Balaban J connectivity index is 1.30. The zero-order chi connectivity index (χ0) is 26.6. The molecule has 0 fully saturated rings. The van der Waals surface area contributed by atoms with Crippen LogP contribution in [0.3, 0.4) is 0 Å². The molecule has 8 heteroatoms. The van der Waals surface area contributed by atoms with E-state index >= 15 is 0 Å². The van der Waals surface area contributed by atoms with E-state index in [0.29, 0.717) is 24.1 Å². The number of rotatable bonds is 6. The van der Waals surface area contributed by atoms with Crippen molar-refractivity contribution in [3.63, 3.8) is 0 Å². The summed E-state index contributed by atoms with van der Waals surface area (Å²) in [4.78, 5) is 31.2. The molecule has 3 N–H and O–H groups in total. The Morgan fingerprint density at radius 3 is 2.92 bits per heavy atom. The lowest BCUT2D eigenvalue weighted by molar-refractivity contribution is 0.0952. The number of aromatic amines is 1. The van der Waals surface area contributed by atoms with Crippen LogP contribution in [0, 0.1) is 12.8 Å². The largest absolute Gasteiger partial charge is 0.350 e. The molecule has 194 valence electrons. The highest BCUT2D eigenvalue weighted by atomic mass is 32.2. The second-order valence-corrected chi connectivity index (χ2v) is 11.0. The summed E-state index contributed by atoms with van der Waals surface area (Å²) in [7, 11) is 0. The highest BCUT2D eigenvalue weighted by Crippen LogP contribution is 2.29. The minimum absolute atomic E-state index is 0.111. The molecule has 1 atom stereocenters. The molecular formula is C30H32N6OS. The van der Waals surface area contributed by atoms with Gasteiger partial charge < -0.3 is 15.6 Å². The van der Waals surface area contributed by atoms with E-state index < -0.39 is 0 Å². The van der Waals surface area contributed by atoms with Crippen LogP contribution in [0.5, 0.6) is 0 Å². The smallest absolute Gasteiger partial charge is 0.267 e. The molecule has 4 heterocycles. The summed E-state index contributed by atoms with van der Waals surface area (Å²) >= 11 is 1.73. The Kier molecular flexibility index (Phi) is 7.60. The summed E-state index contributed by atoms with van der Waals surface area (Å²) in [5, 5.41) is 9.53. The number of nitrogens with zero attached hydrogens (tertiary/aromatic N) is 3. The first-order chi connectivity index (χ1) is 18.4. The van der Waals surface area contributed by atoms with Crippen LogP contribution in [0.4, 0.5) is 11.6 Å². The number of thioether (sulfide) groups is 1. The third-order valence-electron chi connectivity index (χ3n) is 6.78. The first kappa shape index (κ1) is 25.7. The zero-order valence-electron chi connectivity index (χ0n) is 22.1. The molecule has 1 amide bonds. The molecule has 38 heavy (non-hydrogen) atoms.